The molecule has 1 unspecified atom stereocenters. The number of aliphatic hydroxyl groups is 1. The number of pyridine rings is 1. The second kappa shape index (κ2) is 9.38. The highest BCUT2D eigenvalue weighted by Gasteiger charge is 2.56. The Hall–Kier alpha value is -2.31. The molecule has 0 saturated heterocycles. The molecule has 0 radical (unpaired) electrons. The molecular formula is C21H18Cl2F4N4O2S. The topological polar surface area (TPSA) is 101 Å². The Kier molecular flexibility index (Phi) is 7.26. The van der Waals surface area contributed by atoms with Crippen molar-refractivity contribution >= 4 is 40.4 Å². The third kappa shape index (κ3) is 5.49. The maximum Gasteiger partial charge on any atom is 0.424 e. The maximum atomic E-state index is 14.2. The average Bonchev–Trinajstić information content (AvgIpc) is 3.18. The van der Waals surface area contributed by atoms with Gasteiger partial charge in [-0.25, -0.2) is 14.4 Å². The zero-order chi connectivity index (χ0) is 25.5. The molecule has 0 aliphatic heterocycles. The number of carbonyl (C=O) groups excluding carboxylic acids is 1. The van der Waals surface area contributed by atoms with Crippen molar-refractivity contribution in [3.63, 3.8) is 0 Å². The number of thiazole rings is 1. The molecule has 3 aromatic rings. The number of nitrogens with zero attached hydrogens (tertiary/aromatic N) is 2. The summed E-state index contributed by atoms with van der Waals surface area (Å²) in [6.45, 7) is 1.85. The second-order valence-electron chi connectivity index (χ2n) is 8.00. The number of alkyl halides is 3. The summed E-state index contributed by atoms with van der Waals surface area (Å²) in [7, 11) is 0. The van der Waals surface area contributed by atoms with E-state index < -0.39 is 41.3 Å². The fourth-order valence-electron chi connectivity index (χ4n) is 2.91. The normalized spacial score (nSPS) is 14.1. The Morgan fingerprint density at radius 2 is 1.88 bits per heavy atom. The van der Waals surface area contributed by atoms with E-state index in [0.29, 0.717) is 0 Å². The largest absolute Gasteiger partial charge is 0.424 e. The van der Waals surface area contributed by atoms with E-state index in [2.05, 4.69) is 15.3 Å². The lowest BCUT2D eigenvalue weighted by Gasteiger charge is -2.32. The van der Waals surface area contributed by atoms with Gasteiger partial charge in [-0.3, -0.25) is 4.79 Å². The molecular weight excluding hydrogens is 519 g/mol. The van der Waals surface area contributed by atoms with Gasteiger partial charge in [0.05, 0.1) is 29.2 Å². The zero-order valence-electron chi connectivity index (χ0n) is 17.7. The van der Waals surface area contributed by atoms with Crippen LogP contribution in [0.25, 0.3) is 11.3 Å². The van der Waals surface area contributed by atoms with Gasteiger partial charge in [-0.2, -0.15) is 13.2 Å². The van der Waals surface area contributed by atoms with Crippen molar-refractivity contribution in [1.82, 2.24) is 15.3 Å². The first kappa shape index (κ1) is 26.3. The van der Waals surface area contributed by atoms with E-state index in [-0.39, 0.29) is 31.2 Å². The van der Waals surface area contributed by atoms with Crippen molar-refractivity contribution in [3.05, 3.63) is 68.0 Å². The molecule has 6 nitrogen and oxygen atoms in total. The van der Waals surface area contributed by atoms with Crippen LogP contribution in [-0.4, -0.2) is 33.7 Å². The number of carbonyl (C=O) groups is 1. The summed E-state index contributed by atoms with van der Waals surface area (Å²) in [5.41, 5.74) is 0.958. The fourth-order valence-corrected chi connectivity index (χ4v) is 3.94. The van der Waals surface area contributed by atoms with Gasteiger partial charge in [0, 0.05) is 11.1 Å². The molecule has 3 rings (SSSR count). The van der Waals surface area contributed by atoms with Gasteiger partial charge in [0.2, 0.25) is 5.60 Å². The first-order valence-electron chi connectivity index (χ1n) is 9.58. The van der Waals surface area contributed by atoms with E-state index >= 15 is 0 Å². The molecule has 2 aromatic heterocycles. The number of benzene rings is 1. The number of amides is 1. The molecule has 1 aromatic carbocycles. The van der Waals surface area contributed by atoms with E-state index in [9.17, 15) is 27.5 Å². The molecule has 13 heteroatoms. The van der Waals surface area contributed by atoms with Crippen LogP contribution in [0.1, 0.15) is 34.8 Å². The highest BCUT2D eigenvalue weighted by atomic mass is 35.5. The zero-order valence-corrected chi connectivity index (χ0v) is 20.0. The summed E-state index contributed by atoms with van der Waals surface area (Å²) in [6, 6.07) is 5.94. The van der Waals surface area contributed by atoms with Gasteiger partial charge in [-0.05, 0) is 49.7 Å². The SMILES string of the molecule is CC(C)(N)c1cc(-c2ccc(F)c(Cl)c2)nc(C(O)(CNC(=O)c2cnc(Cl)s2)C(F)(F)F)c1. The first-order valence-corrected chi connectivity index (χ1v) is 11.1. The van der Waals surface area contributed by atoms with E-state index in [1.807, 2.05) is 0 Å². The van der Waals surface area contributed by atoms with Gasteiger partial charge in [-0.1, -0.05) is 34.5 Å². The molecule has 0 bridgehead atoms. The van der Waals surface area contributed by atoms with Gasteiger partial charge in [0.1, 0.15) is 10.7 Å². The van der Waals surface area contributed by atoms with E-state index in [0.717, 1.165) is 29.7 Å². The maximum absolute atomic E-state index is 14.2. The van der Waals surface area contributed by atoms with Crippen LogP contribution in [0.5, 0.6) is 0 Å². The van der Waals surface area contributed by atoms with Crippen molar-refractivity contribution in [2.45, 2.75) is 31.2 Å². The molecule has 1 atom stereocenters. The van der Waals surface area contributed by atoms with Crippen LogP contribution >= 0.6 is 34.5 Å². The van der Waals surface area contributed by atoms with Crippen LogP contribution in [-0.2, 0) is 11.1 Å². The summed E-state index contributed by atoms with van der Waals surface area (Å²) in [6.07, 6.45) is -4.14. The average molecular weight is 537 g/mol. The molecule has 34 heavy (non-hydrogen) atoms. The lowest BCUT2D eigenvalue weighted by molar-refractivity contribution is -0.265. The summed E-state index contributed by atoms with van der Waals surface area (Å²) < 4.78 is 56.1. The van der Waals surface area contributed by atoms with Gasteiger partial charge in [0.15, 0.2) is 4.47 Å². The standard InChI is InChI=1S/C21H18Cl2F4N4O2S/c1-19(2,28)11-6-14(10-3-4-13(24)12(22)5-10)31-16(7-11)20(33,21(25,26)27)9-30-17(32)15-8-29-18(23)34-15/h3-8,33H,9,28H2,1-2H3,(H,30,32). The number of aromatic nitrogens is 2. The second-order valence-corrected chi connectivity index (χ2v) is 10.0. The number of hydrogen-bond donors (Lipinski definition) is 3. The predicted molar refractivity (Wildman–Crippen MR) is 121 cm³/mol. The first-order chi connectivity index (χ1) is 15.6. The minimum Gasteiger partial charge on any atom is -0.374 e. The number of nitrogens with one attached hydrogen (secondary N) is 1. The summed E-state index contributed by atoms with van der Waals surface area (Å²) >= 11 is 12.2. The molecule has 0 fully saturated rings. The van der Waals surface area contributed by atoms with Gasteiger partial charge < -0.3 is 16.2 Å². The van der Waals surface area contributed by atoms with Gasteiger partial charge >= 0.3 is 6.18 Å². The van der Waals surface area contributed by atoms with E-state index in [4.69, 9.17) is 28.9 Å². The Labute approximate surface area is 205 Å². The third-order valence-electron chi connectivity index (χ3n) is 4.88. The van der Waals surface area contributed by atoms with Crippen LogP contribution in [0.3, 0.4) is 0 Å². The highest BCUT2D eigenvalue weighted by molar-refractivity contribution is 7.17. The lowest BCUT2D eigenvalue weighted by atomic mass is 9.89. The molecule has 2 heterocycles. The highest BCUT2D eigenvalue weighted by Crippen LogP contribution is 2.40. The Morgan fingerprint density at radius 1 is 1.21 bits per heavy atom. The minimum absolute atomic E-state index is 0.0263. The minimum atomic E-state index is -5.24. The summed E-state index contributed by atoms with van der Waals surface area (Å²) in [5.74, 6) is -1.63. The summed E-state index contributed by atoms with van der Waals surface area (Å²) in [5, 5.41) is 12.6. The number of rotatable bonds is 6. The summed E-state index contributed by atoms with van der Waals surface area (Å²) in [4.78, 5) is 19.9. The number of hydrogen-bond acceptors (Lipinski definition) is 6. The molecule has 0 spiro atoms. The van der Waals surface area contributed by atoms with E-state index in [1.54, 1.807) is 13.8 Å². The lowest BCUT2D eigenvalue weighted by Crippen LogP contribution is -2.51. The predicted octanol–water partition coefficient (Wildman–Crippen LogP) is 5.02. The number of halogens is 6. The van der Waals surface area contributed by atoms with E-state index in [1.165, 1.54) is 18.2 Å². The van der Waals surface area contributed by atoms with Crippen molar-refractivity contribution in [2.75, 3.05) is 6.54 Å². The molecule has 0 aliphatic rings. The van der Waals surface area contributed by atoms with Crippen LogP contribution in [0.4, 0.5) is 17.6 Å². The monoisotopic (exact) mass is 536 g/mol. The van der Waals surface area contributed by atoms with Crippen LogP contribution in [0.15, 0.2) is 36.5 Å². The molecule has 0 aliphatic carbocycles. The Bertz CT molecular complexity index is 1230. The Morgan fingerprint density at radius 3 is 2.41 bits per heavy atom. The van der Waals surface area contributed by atoms with Crippen molar-refractivity contribution in [1.29, 1.82) is 0 Å². The van der Waals surface area contributed by atoms with Crippen molar-refractivity contribution in [2.24, 2.45) is 5.73 Å². The van der Waals surface area contributed by atoms with Crippen LogP contribution < -0.4 is 11.1 Å². The van der Waals surface area contributed by atoms with Gasteiger partial charge in [0.25, 0.3) is 5.91 Å². The third-order valence-corrected chi connectivity index (χ3v) is 6.29. The smallest absolute Gasteiger partial charge is 0.374 e. The Balaban J connectivity index is 2.10. The van der Waals surface area contributed by atoms with Crippen molar-refractivity contribution < 1.29 is 27.5 Å². The number of nitrogens with two attached hydrogens (primary N) is 1. The molecule has 1 amide bonds. The van der Waals surface area contributed by atoms with Gasteiger partial charge in [-0.15, -0.1) is 0 Å². The molecule has 4 N–H and O–H groups in total. The van der Waals surface area contributed by atoms with Crippen LogP contribution in [0, 0.1) is 5.82 Å². The van der Waals surface area contributed by atoms with Crippen LogP contribution in [0.2, 0.25) is 9.49 Å². The quantitative estimate of drug-likeness (QED) is 0.384. The van der Waals surface area contributed by atoms with Crippen molar-refractivity contribution in [3.8, 4) is 11.3 Å². The fraction of sp³-hybridized carbons (Fsp3) is 0.286. The molecule has 182 valence electrons. The molecule has 0 saturated carbocycles.